The van der Waals surface area contributed by atoms with E-state index in [1.807, 2.05) is 26.0 Å². The van der Waals surface area contributed by atoms with Gasteiger partial charge in [0.1, 0.15) is 0 Å². The van der Waals surface area contributed by atoms with Crippen LogP contribution in [0.1, 0.15) is 32.5 Å². The second-order valence-corrected chi connectivity index (χ2v) is 4.60. The molecule has 0 spiro atoms. The third-order valence-corrected chi connectivity index (χ3v) is 2.20. The lowest BCUT2D eigenvalue weighted by atomic mass is 10.0. The molecule has 0 fully saturated rings. The molecule has 0 aliphatic carbocycles. The summed E-state index contributed by atoms with van der Waals surface area (Å²) in [6.07, 6.45) is 5.66. The van der Waals surface area contributed by atoms with Crippen LogP contribution in [0.25, 0.3) is 0 Å². The fraction of sp³-hybridized carbons (Fsp3) is 0.636. The molecule has 1 aromatic heterocycles. The average Bonchev–Trinajstić information content (AvgIpc) is 2.46. The normalized spacial score (nSPS) is 11.8. The van der Waals surface area contributed by atoms with Gasteiger partial charge >= 0.3 is 5.76 Å². The van der Waals surface area contributed by atoms with Gasteiger partial charge in [0.2, 0.25) is 0 Å². The second kappa shape index (κ2) is 6.61. The van der Waals surface area contributed by atoms with E-state index in [4.69, 9.17) is 5.73 Å². The van der Waals surface area contributed by atoms with Crippen molar-refractivity contribution in [1.82, 2.24) is 9.72 Å². The molecule has 0 unspecified atom stereocenters. The number of nitrogens with zero attached hydrogens (tertiary/aromatic N) is 2. The summed E-state index contributed by atoms with van der Waals surface area (Å²) in [4.78, 5) is 11.2. The van der Waals surface area contributed by atoms with Crippen molar-refractivity contribution in [2.75, 3.05) is 0 Å². The van der Waals surface area contributed by atoms with E-state index in [0.29, 0.717) is 12.4 Å². The highest BCUT2D eigenvalue weighted by molar-refractivity contribution is 5.85. The number of halogens is 1. The molecule has 2 N–H and O–H groups in total. The van der Waals surface area contributed by atoms with Gasteiger partial charge in [0.05, 0.1) is 0 Å². The Kier molecular flexibility index (Phi) is 6.20. The predicted octanol–water partition coefficient (Wildman–Crippen LogP) is 1.64. The van der Waals surface area contributed by atoms with E-state index in [-0.39, 0.29) is 17.9 Å². The van der Waals surface area contributed by atoms with E-state index in [0.717, 1.165) is 12.8 Å². The summed E-state index contributed by atoms with van der Waals surface area (Å²) in [7, 11) is 0. The maximum atomic E-state index is 11.2. The van der Waals surface area contributed by atoms with Crippen LogP contribution in [0.2, 0.25) is 0 Å². The smallest absolute Gasteiger partial charge is 0.325 e. The molecule has 1 rings (SSSR count). The van der Waals surface area contributed by atoms with E-state index in [1.165, 1.54) is 4.57 Å². The number of allylic oxidation sites excluding steroid dienone is 1. The van der Waals surface area contributed by atoms with Gasteiger partial charge in [0.15, 0.2) is 5.82 Å². The summed E-state index contributed by atoms with van der Waals surface area (Å²) < 4.78 is 6.03. The molecule has 1 aromatic rings. The van der Waals surface area contributed by atoms with E-state index < -0.39 is 5.76 Å². The van der Waals surface area contributed by atoms with Crippen LogP contribution in [0.5, 0.6) is 0 Å². The highest BCUT2D eigenvalue weighted by Crippen LogP contribution is 2.04. The number of rotatable bonds is 5. The van der Waals surface area contributed by atoms with Crippen molar-refractivity contribution in [2.45, 2.75) is 45.7 Å². The highest BCUT2D eigenvalue weighted by Gasteiger charge is 2.07. The highest BCUT2D eigenvalue weighted by atomic mass is 35.5. The Balaban J connectivity index is 0.00000256. The van der Waals surface area contributed by atoms with Gasteiger partial charge in [-0.1, -0.05) is 17.3 Å². The molecule has 0 saturated heterocycles. The molecule has 98 valence electrons. The van der Waals surface area contributed by atoms with Crippen LogP contribution in [0, 0.1) is 6.92 Å². The lowest BCUT2D eigenvalue weighted by molar-refractivity contribution is 0.374. The van der Waals surface area contributed by atoms with E-state index in [9.17, 15) is 4.79 Å². The van der Waals surface area contributed by atoms with E-state index >= 15 is 0 Å². The van der Waals surface area contributed by atoms with E-state index in [1.54, 1.807) is 6.92 Å². The standard InChI is InChI=1S/C11H19N3O2.ClH/c1-9-13-16-10(15)14(9)8-6-4-5-7-11(2,3)12;/h4-5H,6-8,12H2,1-3H3;1H/b5-4-;. The molecular weight excluding hydrogens is 242 g/mol. The molecule has 0 amide bonds. The van der Waals surface area contributed by atoms with Crippen LogP contribution in [-0.4, -0.2) is 15.3 Å². The largest absolute Gasteiger partial charge is 0.441 e. The first-order valence-corrected chi connectivity index (χ1v) is 5.37. The van der Waals surface area contributed by atoms with Crippen LogP contribution < -0.4 is 11.5 Å². The summed E-state index contributed by atoms with van der Waals surface area (Å²) in [6, 6.07) is 0. The molecule has 0 aromatic carbocycles. The molecule has 0 saturated carbocycles. The number of nitrogens with two attached hydrogens (primary N) is 1. The fourth-order valence-corrected chi connectivity index (χ4v) is 1.30. The third kappa shape index (κ3) is 5.70. The van der Waals surface area contributed by atoms with Crippen LogP contribution in [-0.2, 0) is 6.54 Å². The number of hydrogen-bond donors (Lipinski definition) is 1. The SMILES string of the molecule is Cc1noc(=O)n1CC/C=C\CC(C)(C)N.Cl. The van der Waals surface area contributed by atoms with Gasteiger partial charge in [-0.15, -0.1) is 12.4 Å². The van der Waals surface area contributed by atoms with Crippen molar-refractivity contribution in [3.63, 3.8) is 0 Å². The molecule has 0 aliphatic heterocycles. The topological polar surface area (TPSA) is 74.0 Å². The van der Waals surface area contributed by atoms with Crippen LogP contribution in [0.3, 0.4) is 0 Å². The first-order chi connectivity index (χ1) is 7.40. The zero-order chi connectivity index (χ0) is 12.2. The van der Waals surface area contributed by atoms with Crippen molar-refractivity contribution >= 4 is 12.4 Å². The van der Waals surface area contributed by atoms with Gasteiger partial charge in [-0.3, -0.25) is 9.09 Å². The number of aromatic nitrogens is 2. The maximum absolute atomic E-state index is 11.2. The second-order valence-electron chi connectivity index (χ2n) is 4.60. The van der Waals surface area contributed by atoms with Gasteiger partial charge < -0.3 is 5.73 Å². The van der Waals surface area contributed by atoms with Gasteiger partial charge in [-0.25, -0.2) is 4.79 Å². The molecule has 17 heavy (non-hydrogen) atoms. The molecule has 0 radical (unpaired) electrons. The Hall–Kier alpha value is -1.07. The van der Waals surface area contributed by atoms with Gasteiger partial charge in [-0.05, 0) is 33.6 Å². The molecule has 5 nitrogen and oxygen atoms in total. The van der Waals surface area contributed by atoms with Crippen molar-refractivity contribution in [3.05, 3.63) is 28.5 Å². The fourth-order valence-electron chi connectivity index (χ4n) is 1.30. The zero-order valence-electron chi connectivity index (χ0n) is 10.5. The van der Waals surface area contributed by atoms with Gasteiger partial charge in [0.25, 0.3) is 0 Å². The molecule has 0 aliphatic rings. The lowest BCUT2D eigenvalue weighted by Gasteiger charge is -2.14. The minimum absolute atomic E-state index is 0. The Bertz CT molecular complexity index is 415. The monoisotopic (exact) mass is 261 g/mol. The summed E-state index contributed by atoms with van der Waals surface area (Å²) in [5.74, 6) is 0.211. The average molecular weight is 262 g/mol. The van der Waals surface area contributed by atoms with Crippen molar-refractivity contribution < 1.29 is 4.52 Å². The van der Waals surface area contributed by atoms with Crippen molar-refractivity contribution in [3.8, 4) is 0 Å². The van der Waals surface area contributed by atoms with Crippen molar-refractivity contribution in [1.29, 1.82) is 0 Å². The quantitative estimate of drug-likeness (QED) is 0.818. The molecule has 1 heterocycles. The van der Waals surface area contributed by atoms with Crippen LogP contribution >= 0.6 is 12.4 Å². The van der Waals surface area contributed by atoms with E-state index in [2.05, 4.69) is 9.68 Å². The lowest BCUT2D eigenvalue weighted by Crippen LogP contribution is -2.30. The Labute approximate surface area is 107 Å². The first-order valence-electron chi connectivity index (χ1n) is 5.37. The molecule has 0 bridgehead atoms. The van der Waals surface area contributed by atoms with Crippen LogP contribution in [0.4, 0.5) is 0 Å². The van der Waals surface area contributed by atoms with Gasteiger partial charge in [-0.2, -0.15) is 0 Å². The molecule has 0 atom stereocenters. The summed E-state index contributed by atoms with van der Waals surface area (Å²) in [5, 5.41) is 3.59. The summed E-state index contributed by atoms with van der Waals surface area (Å²) in [5.41, 5.74) is 5.65. The number of aryl methyl sites for hydroxylation is 1. The maximum Gasteiger partial charge on any atom is 0.441 e. The Morgan fingerprint density at radius 1 is 1.47 bits per heavy atom. The minimum Gasteiger partial charge on any atom is -0.325 e. The summed E-state index contributed by atoms with van der Waals surface area (Å²) >= 11 is 0. The zero-order valence-corrected chi connectivity index (χ0v) is 11.3. The minimum atomic E-state index is -0.398. The van der Waals surface area contributed by atoms with Crippen LogP contribution in [0.15, 0.2) is 21.5 Å². The predicted molar refractivity (Wildman–Crippen MR) is 69.4 cm³/mol. The summed E-state index contributed by atoms with van der Waals surface area (Å²) in [6.45, 7) is 6.30. The Morgan fingerprint density at radius 3 is 2.59 bits per heavy atom. The molecular formula is C11H20ClN3O2. The first kappa shape index (κ1) is 15.9. The number of hydrogen-bond acceptors (Lipinski definition) is 4. The molecule has 6 heteroatoms. The Morgan fingerprint density at radius 2 is 2.12 bits per heavy atom. The van der Waals surface area contributed by atoms with Gasteiger partial charge in [0, 0.05) is 12.1 Å². The van der Waals surface area contributed by atoms with Crippen molar-refractivity contribution in [2.24, 2.45) is 5.73 Å². The third-order valence-electron chi connectivity index (χ3n) is 2.20.